The third kappa shape index (κ3) is 3.83. The van der Waals surface area contributed by atoms with E-state index in [0.29, 0.717) is 34.9 Å². The van der Waals surface area contributed by atoms with Gasteiger partial charge in [0.1, 0.15) is 17.3 Å². The Balaban J connectivity index is 1.91. The number of ether oxygens (including phenoxy) is 2. The highest BCUT2D eigenvalue weighted by atomic mass is 16.5. The predicted octanol–water partition coefficient (Wildman–Crippen LogP) is 4.72. The molecule has 6 heteroatoms. The normalized spacial score (nSPS) is 17.4. The van der Waals surface area contributed by atoms with E-state index < -0.39 is 17.7 Å². The van der Waals surface area contributed by atoms with Crippen LogP contribution in [0.3, 0.4) is 0 Å². The van der Waals surface area contributed by atoms with Crippen LogP contribution >= 0.6 is 0 Å². The maximum absolute atomic E-state index is 13.2. The molecule has 1 unspecified atom stereocenters. The van der Waals surface area contributed by atoms with Gasteiger partial charge in [-0.25, -0.2) is 0 Å². The molecule has 1 amide bonds. The number of aliphatic hydroxyl groups excluding tert-OH is 1. The average molecular weight is 429 g/mol. The number of carbonyl (C=O) groups excluding carboxylic acids is 2. The molecule has 3 aromatic rings. The van der Waals surface area contributed by atoms with Crippen LogP contribution in [-0.4, -0.2) is 30.5 Å². The molecule has 162 valence electrons. The van der Waals surface area contributed by atoms with Gasteiger partial charge in [0, 0.05) is 17.3 Å². The molecule has 0 bridgehead atoms. The van der Waals surface area contributed by atoms with Crippen molar-refractivity contribution < 1.29 is 24.2 Å². The topological polar surface area (TPSA) is 76.1 Å². The molecule has 0 aliphatic carbocycles. The minimum absolute atomic E-state index is 0.0243. The van der Waals surface area contributed by atoms with E-state index in [0.717, 1.165) is 0 Å². The van der Waals surface area contributed by atoms with Crippen molar-refractivity contribution in [3.63, 3.8) is 0 Å². The van der Waals surface area contributed by atoms with Crippen molar-refractivity contribution in [3.8, 4) is 11.5 Å². The van der Waals surface area contributed by atoms with Gasteiger partial charge in [0.05, 0.1) is 25.3 Å². The van der Waals surface area contributed by atoms with Crippen LogP contribution in [0.2, 0.25) is 0 Å². The summed E-state index contributed by atoms with van der Waals surface area (Å²) in [7, 11) is 1.52. The van der Waals surface area contributed by atoms with Gasteiger partial charge in [0.25, 0.3) is 11.7 Å². The highest BCUT2D eigenvalue weighted by Crippen LogP contribution is 2.42. The number of amides is 1. The van der Waals surface area contributed by atoms with Crippen molar-refractivity contribution >= 4 is 23.1 Å². The molecule has 3 aromatic carbocycles. The molecule has 4 rings (SSSR count). The monoisotopic (exact) mass is 429 g/mol. The molecule has 6 nitrogen and oxygen atoms in total. The van der Waals surface area contributed by atoms with Gasteiger partial charge in [-0.3, -0.25) is 14.5 Å². The lowest BCUT2D eigenvalue weighted by Crippen LogP contribution is -2.29. The third-order valence-corrected chi connectivity index (χ3v) is 5.31. The van der Waals surface area contributed by atoms with E-state index in [1.807, 2.05) is 37.3 Å². The number of aliphatic hydroxyl groups is 1. The van der Waals surface area contributed by atoms with E-state index in [2.05, 4.69) is 0 Å². The second-order valence-corrected chi connectivity index (χ2v) is 7.24. The van der Waals surface area contributed by atoms with Crippen LogP contribution in [0.4, 0.5) is 5.69 Å². The number of benzene rings is 3. The Morgan fingerprint density at radius 1 is 0.938 bits per heavy atom. The number of carbonyl (C=O) groups is 2. The Kier molecular flexibility index (Phi) is 5.94. The second kappa shape index (κ2) is 8.98. The van der Waals surface area contributed by atoms with Gasteiger partial charge in [0.15, 0.2) is 0 Å². The van der Waals surface area contributed by atoms with Crippen molar-refractivity contribution in [2.45, 2.75) is 13.0 Å². The zero-order chi connectivity index (χ0) is 22.7. The number of anilines is 1. The van der Waals surface area contributed by atoms with Crippen LogP contribution in [0, 0.1) is 0 Å². The summed E-state index contributed by atoms with van der Waals surface area (Å²) < 4.78 is 10.8. The highest BCUT2D eigenvalue weighted by Gasteiger charge is 2.47. The maximum Gasteiger partial charge on any atom is 0.300 e. The second-order valence-electron chi connectivity index (χ2n) is 7.24. The van der Waals surface area contributed by atoms with E-state index in [1.54, 1.807) is 48.5 Å². The quantitative estimate of drug-likeness (QED) is 0.349. The first-order valence-corrected chi connectivity index (χ1v) is 10.3. The first kappa shape index (κ1) is 21.2. The summed E-state index contributed by atoms with van der Waals surface area (Å²) in [5, 5.41) is 11.2. The van der Waals surface area contributed by atoms with Gasteiger partial charge in [-0.05, 0) is 36.8 Å². The molecule has 32 heavy (non-hydrogen) atoms. The molecule has 1 heterocycles. The van der Waals surface area contributed by atoms with Gasteiger partial charge < -0.3 is 14.6 Å². The van der Waals surface area contributed by atoms with Gasteiger partial charge in [0.2, 0.25) is 0 Å². The van der Waals surface area contributed by atoms with Crippen molar-refractivity contribution in [1.29, 1.82) is 0 Å². The lowest BCUT2D eigenvalue weighted by molar-refractivity contribution is -0.132. The zero-order valence-corrected chi connectivity index (χ0v) is 17.8. The fraction of sp³-hybridized carbons (Fsp3) is 0.154. The van der Waals surface area contributed by atoms with Crippen LogP contribution in [0.25, 0.3) is 5.76 Å². The summed E-state index contributed by atoms with van der Waals surface area (Å²) in [5.41, 5.74) is 1.64. The largest absolute Gasteiger partial charge is 0.507 e. The predicted molar refractivity (Wildman–Crippen MR) is 122 cm³/mol. The summed E-state index contributed by atoms with van der Waals surface area (Å²) in [6, 6.07) is 22.2. The van der Waals surface area contributed by atoms with Crippen molar-refractivity contribution in [2.75, 3.05) is 18.6 Å². The molecule has 0 saturated carbocycles. The summed E-state index contributed by atoms with van der Waals surface area (Å²) in [5.74, 6) is -0.590. The van der Waals surface area contributed by atoms with E-state index in [4.69, 9.17) is 9.47 Å². The smallest absolute Gasteiger partial charge is 0.300 e. The molecule has 1 fully saturated rings. The molecular formula is C26H23NO5. The minimum atomic E-state index is -0.792. The Bertz CT molecular complexity index is 1190. The number of hydrogen-bond acceptors (Lipinski definition) is 5. The first-order valence-electron chi connectivity index (χ1n) is 10.3. The van der Waals surface area contributed by atoms with E-state index in [-0.39, 0.29) is 11.3 Å². The van der Waals surface area contributed by atoms with Crippen molar-refractivity contribution in [3.05, 3.63) is 95.6 Å². The van der Waals surface area contributed by atoms with Crippen molar-refractivity contribution in [2.24, 2.45) is 0 Å². The fourth-order valence-electron chi connectivity index (χ4n) is 3.87. The lowest BCUT2D eigenvalue weighted by Gasteiger charge is -2.25. The number of rotatable bonds is 6. The van der Waals surface area contributed by atoms with E-state index in [9.17, 15) is 14.7 Å². The van der Waals surface area contributed by atoms with Gasteiger partial charge in [-0.15, -0.1) is 0 Å². The molecule has 0 radical (unpaired) electrons. The SMILES string of the molecule is CCOc1cccc(N2C(=O)C(=O)/C(=C(/O)c3cccc(OC)c3)C2c2ccccc2)c1. The van der Waals surface area contributed by atoms with Gasteiger partial charge >= 0.3 is 0 Å². The number of nitrogens with zero attached hydrogens (tertiary/aromatic N) is 1. The zero-order valence-electron chi connectivity index (χ0n) is 17.8. The number of ketones is 1. The summed E-state index contributed by atoms with van der Waals surface area (Å²) in [6.07, 6.45) is 0. The van der Waals surface area contributed by atoms with E-state index in [1.165, 1.54) is 12.0 Å². The molecule has 1 atom stereocenters. The molecule has 1 aliphatic rings. The number of hydrogen-bond donors (Lipinski definition) is 1. The van der Waals surface area contributed by atoms with Crippen LogP contribution in [0.5, 0.6) is 11.5 Å². The summed E-state index contributed by atoms with van der Waals surface area (Å²) >= 11 is 0. The molecule has 1 N–H and O–H groups in total. The lowest BCUT2D eigenvalue weighted by atomic mass is 9.95. The molecule has 1 aliphatic heterocycles. The van der Waals surface area contributed by atoms with Crippen molar-refractivity contribution in [1.82, 2.24) is 0 Å². The summed E-state index contributed by atoms with van der Waals surface area (Å²) in [4.78, 5) is 27.8. The van der Waals surface area contributed by atoms with Crippen LogP contribution < -0.4 is 14.4 Å². The molecule has 0 spiro atoms. The maximum atomic E-state index is 13.2. The first-order chi connectivity index (χ1) is 15.5. The highest BCUT2D eigenvalue weighted by molar-refractivity contribution is 6.51. The third-order valence-electron chi connectivity index (χ3n) is 5.31. The number of methoxy groups -OCH3 is 1. The average Bonchev–Trinajstić information content (AvgIpc) is 3.10. The minimum Gasteiger partial charge on any atom is -0.507 e. The Labute approximate surface area is 186 Å². The Morgan fingerprint density at radius 3 is 2.38 bits per heavy atom. The standard InChI is InChI=1S/C26H23NO5/c1-3-32-21-14-8-12-19(16-21)27-23(17-9-5-4-6-10-17)22(25(29)26(27)30)24(28)18-11-7-13-20(15-18)31-2/h4-16,23,28H,3H2,1-2H3/b24-22+. The van der Waals surface area contributed by atoms with Crippen LogP contribution in [0.1, 0.15) is 24.1 Å². The van der Waals surface area contributed by atoms with E-state index >= 15 is 0 Å². The Hall–Kier alpha value is -4.06. The molecular weight excluding hydrogens is 406 g/mol. The fourth-order valence-corrected chi connectivity index (χ4v) is 3.87. The molecule has 1 saturated heterocycles. The molecule has 0 aromatic heterocycles. The Morgan fingerprint density at radius 2 is 1.66 bits per heavy atom. The summed E-state index contributed by atoms with van der Waals surface area (Å²) in [6.45, 7) is 2.34. The number of Topliss-reactive ketones (excluding diaryl/α,β-unsaturated/α-hetero) is 1. The van der Waals surface area contributed by atoms with Crippen LogP contribution in [-0.2, 0) is 9.59 Å². The van der Waals surface area contributed by atoms with Gasteiger partial charge in [-0.1, -0.05) is 48.5 Å². The van der Waals surface area contributed by atoms with Gasteiger partial charge in [-0.2, -0.15) is 0 Å². The van der Waals surface area contributed by atoms with Crippen LogP contribution in [0.15, 0.2) is 84.4 Å².